The van der Waals surface area contributed by atoms with Crippen LogP contribution in [0.2, 0.25) is 18.1 Å². The molecule has 0 fully saturated rings. The summed E-state index contributed by atoms with van der Waals surface area (Å²) < 4.78 is 13.6. The molecule has 1 N–H and O–H groups in total. The Morgan fingerprint density at radius 2 is 1.41 bits per heavy atom. The minimum atomic E-state index is -1.91. The Kier molecular flexibility index (Phi) is 11.6. The maximum atomic E-state index is 10.5. The quantitative estimate of drug-likeness (QED) is 0.180. The molecule has 1 heterocycles. The smallest absolute Gasteiger partial charge is 0.303 e. The van der Waals surface area contributed by atoms with Gasteiger partial charge in [-0.3, -0.25) is 4.79 Å². The Balaban J connectivity index is 1.82. The third-order valence-electron chi connectivity index (χ3n) is 9.07. The topological polar surface area (TPSA) is 55.8 Å². The van der Waals surface area contributed by atoms with E-state index in [2.05, 4.69) is 61.6 Å². The van der Waals surface area contributed by atoms with Crippen molar-refractivity contribution in [2.75, 3.05) is 0 Å². The van der Waals surface area contributed by atoms with Gasteiger partial charge in [0.15, 0.2) is 0 Å². The maximum Gasteiger partial charge on any atom is 0.303 e. The van der Waals surface area contributed by atoms with E-state index in [0.717, 1.165) is 43.6 Å². The van der Waals surface area contributed by atoms with Gasteiger partial charge in [0.05, 0.1) is 0 Å². The van der Waals surface area contributed by atoms with E-state index in [1.165, 1.54) is 73.6 Å². The molecule has 0 aliphatic carbocycles. The van der Waals surface area contributed by atoms with E-state index in [9.17, 15) is 4.79 Å². The Morgan fingerprint density at radius 3 is 1.92 bits per heavy atom. The zero-order valence-electron chi connectivity index (χ0n) is 25.6. The number of carboxylic acid groups (broad SMARTS) is 1. The summed E-state index contributed by atoms with van der Waals surface area (Å²) in [5, 5.41) is 8.86. The van der Waals surface area contributed by atoms with Crippen LogP contribution < -0.4 is 9.16 Å². The van der Waals surface area contributed by atoms with Crippen LogP contribution in [0, 0.1) is 20.8 Å². The minimum absolute atomic E-state index is 0.0750. The predicted octanol–water partition coefficient (Wildman–Crippen LogP) is 9.85. The lowest BCUT2D eigenvalue weighted by atomic mass is 9.84. The standard InChI is InChI=1S/C32H56O4Si/c1-24-25(2)30-27(26(3)29(24)36-37(8,9)31(4,5)6)21-23-32(7,35-30)22-19-17-15-13-11-10-12-14-16-18-20-28(33)34/h10-23H2,1-9H3,(H,33,34). The third kappa shape index (κ3) is 9.04. The number of ether oxygens (including phenoxy) is 1. The highest BCUT2D eigenvalue weighted by Gasteiger charge is 2.41. The van der Waals surface area contributed by atoms with Gasteiger partial charge in [0.25, 0.3) is 8.32 Å². The lowest BCUT2D eigenvalue weighted by molar-refractivity contribution is -0.137. The highest BCUT2D eigenvalue weighted by atomic mass is 28.4. The minimum Gasteiger partial charge on any atom is -0.543 e. The summed E-state index contributed by atoms with van der Waals surface area (Å²) in [6.45, 7) is 20.5. The summed E-state index contributed by atoms with van der Waals surface area (Å²) in [4.78, 5) is 10.5. The number of hydrogen-bond acceptors (Lipinski definition) is 3. The molecule has 1 aliphatic rings. The predicted molar refractivity (Wildman–Crippen MR) is 159 cm³/mol. The first-order valence-corrected chi connectivity index (χ1v) is 17.8. The molecule has 0 bridgehead atoms. The normalized spacial score (nSPS) is 17.9. The Hall–Kier alpha value is -1.49. The largest absolute Gasteiger partial charge is 0.543 e. The number of carboxylic acids is 1. The number of hydrogen-bond donors (Lipinski definition) is 1. The summed E-state index contributed by atoms with van der Waals surface area (Å²) in [5.74, 6) is 1.56. The van der Waals surface area contributed by atoms with Crippen LogP contribution in [-0.2, 0) is 11.2 Å². The monoisotopic (exact) mass is 532 g/mol. The van der Waals surface area contributed by atoms with Crippen molar-refractivity contribution in [1.29, 1.82) is 0 Å². The van der Waals surface area contributed by atoms with Crippen LogP contribution in [0.5, 0.6) is 11.5 Å². The Bertz CT molecular complexity index is 899. The number of carbonyl (C=O) groups is 1. The second-order valence-electron chi connectivity index (χ2n) is 13.4. The average molecular weight is 533 g/mol. The molecule has 0 amide bonds. The fourth-order valence-electron chi connectivity index (χ4n) is 5.21. The van der Waals surface area contributed by atoms with Gasteiger partial charge in [-0.2, -0.15) is 0 Å². The number of fused-ring (bicyclic) bond motifs is 1. The molecule has 0 saturated carbocycles. The van der Waals surface area contributed by atoms with E-state index < -0.39 is 14.3 Å². The molecule has 1 aliphatic heterocycles. The molecule has 5 heteroatoms. The molecule has 2 rings (SSSR count). The van der Waals surface area contributed by atoms with Gasteiger partial charge in [0.1, 0.15) is 17.1 Å². The number of rotatable bonds is 15. The fraction of sp³-hybridized carbons (Fsp3) is 0.781. The van der Waals surface area contributed by atoms with Crippen LogP contribution in [0.1, 0.15) is 133 Å². The Labute approximate surface area is 229 Å². The van der Waals surface area contributed by atoms with Crippen molar-refractivity contribution in [3.63, 3.8) is 0 Å². The van der Waals surface area contributed by atoms with E-state index in [1.54, 1.807) is 0 Å². The van der Waals surface area contributed by atoms with Gasteiger partial charge in [0.2, 0.25) is 0 Å². The van der Waals surface area contributed by atoms with Crippen molar-refractivity contribution < 1.29 is 19.1 Å². The van der Waals surface area contributed by atoms with Crippen molar-refractivity contribution >= 4 is 14.3 Å². The van der Waals surface area contributed by atoms with E-state index in [4.69, 9.17) is 14.3 Å². The molecule has 0 spiro atoms. The van der Waals surface area contributed by atoms with Gasteiger partial charge in [-0.15, -0.1) is 0 Å². The van der Waals surface area contributed by atoms with Crippen LogP contribution in [-0.4, -0.2) is 25.0 Å². The first kappa shape index (κ1) is 31.7. The highest BCUT2D eigenvalue weighted by molar-refractivity contribution is 6.74. The van der Waals surface area contributed by atoms with Crippen molar-refractivity contribution in [2.24, 2.45) is 0 Å². The number of unbranched alkanes of at least 4 members (excludes halogenated alkanes) is 9. The summed E-state index contributed by atoms with van der Waals surface area (Å²) in [6.07, 6.45) is 15.6. The van der Waals surface area contributed by atoms with Gasteiger partial charge in [0, 0.05) is 12.0 Å². The lowest BCUT2D eigenvalue weighted by Crippen LogP contribution is -2.44. The van der Waals surface area contributed by atoms with E-state index in [1.807, 2.05) is 0 Å². The molecule has 0 aromatic heterocycles. The van der Waals surface area contributed by atoms with Gasteiger partial charge in [-0.05, 0) is 94.6 Å². The lowest BCUT2D eigenvalue weighted by Gasteiger charge is -2.41. The molecular weight excluding hydrogens is 476 g/mol. The van der Waals surface area contributed by atoms with Gasteiger partial charge in [-0.25, -0.2) is 0 Å². The molecule has 37 heavy (non-hydrogen) atoms. The van der Waals surface area contributed by atoms with Gasteiger partial charge in [-0.1, -0.05) is 72.1 Å². The van der Waals surface area contributed by atoms with Crippen LogP contribution in [0.4, 0.5) is 0 Å². The third-order valence-corrected chi connectivity index (χ3v) is 13.4. The molecule has 0 saturated heterocycles. The van der Waals surface area contributed by atoms with E-state index in [0.29, 0.717) is 6.42 Å². The summed E-state index contributed by atoms with van der Waals surface area (Å²) >= 11 is 0. The molecule has 1 unspecified atom stereocenters. The Morgan fingerprint density at radius 1 is 0.892 bits per heavy atom. The second-order valence-corrected chi connectivity index (χ2v) is 18.1. The molecule has 0 radical (unpaired) electrons. The van der Waals surface area contributed by atoms with Crippen molar-refractivity contribution in [1.82, 2.24) is 0 Å². The molecule has 1 aromatic rings. The number of aliphatic carboxylic acids is 1. The summed E-state index contributed by atoms with van der Waals surface area (Å²) in [7, 11) is -1.91. The zero-order valence-corrected chi connectivity index (χ0v) is 26.6. The van der Waals surface area contributed by atoms with Crippen LogP contribution in [0.3, 0.4) is 0 Å². The first-order chi connectivity index (χ1) is 17.2. The summed E-state index contributed by atoms with van der Waals surface area (Å²) in [6, 6.07) is 0. The molecule has 1 atom stereocenters. The van der Waals surface area contributed by atoms with E-state index >= 15 is 0 Å². The molecule has 212 valence electrons. The van der Waals surface area contributed by atoms with Gasteiger partial charge >= 0.3 is 5.97 Å². The zero-order chi connectivity index (χ0) is 27.9. The fourth-order valence-corrected chi connectivity index (χ4v) is 6.33. The van der Waals surface area contributed by atoms with Crippen molar-refractivity contribution in [3.8, 4) is 11.5 Å². The first-order valence-electron chi connectivity index (χ1n) is 14.9. The van der Waals surface area contributed by atoms with Crippen molar-refractivity contribution in [2.45, 2.75) is 162 Å². The molecule has 4 nitrogen and oxygen atoms in total. The second kappa shape index (κ2) is 13.5. The molecular formula is C32H56O4Si. The van der Waals surface area contributed by atoms with Crippen LogP contribution in [0.25, 0.3) is 0 Å². The van der Waals surface area contributed by atoms with Crippen molar-refractivity contribution in [3.05, 3.63) is 22.3 Å². The van der Waals surface area contributed by atoms with E-state index in [-0.39, 0.29) is 10.6 Å². The van der Waals surface area contributed by atoms with Crippen LogP contribution in [0.15, 0.2) is 0 Å². The highest BCUT2D eigenvalue weighted by Crippen LogP contribution is 2.47. The van der Waals surface area contributed by atoms with Gasteiger partial charge < -0.3 is 14.3 Å². The molecule has 1 aromatic carbocycles. The SMILES string of the molecule is Cc1c(C)c2c(c(C)c1O[Si](C)(C)C(C)(C)C)CCC(C)(CCCCCCCCCCCCC(=O)O)O2. The van der Waals surface area contributed by atoms with Crippen LogP contribution >= 0.6 is 0 Å². The average Bonchev–Trinajstić information content (AvgIpc) is 2.80. The number of benzene rings is 1. The summed E-state index contributed by atoms with van der Waals surface area (Å²) in [5.41, 5.74) is 5.06. The maximum absolute atomic E-state index is 10.5.